The Labute approximate surface area is 141 Å². The van der Waals surface area contributed by atoms with E-state index in [4.69, 9.17) is 4.74 Å². The molecule has 6 nitrogen and oxygen atoms in total. The number of rotatable bonds is 6. The van der Waals surface area contributed by atoms with Crippen molar-refractivity contribution in [2.24, 2.45) is 0 Å². The number of nitrogens with zero attached hydrogens (tertiary/aromatic N) is 3. The molecule has 24 heavy (non-hydrogen) atoms. The topological polar surface area (TPSA) is 67.3 Å². The van der Waals surface area contributed by atoms with Crippen molar-refractivity contribution in [3.8, 4) is 5.75 Å². The van der Waals surface area contributed by atoms with Gasteiger partial charge in [0.2, 0.25) is 0 Å². The molecule has 1 aliphatic rings. The normalized spacial score (nSPS) is 13.8. The molecule has 1 N–H and O–H groups in total. The van der Waals surface area contributed by atoms with Crippen molar-refractivity contribution in [1.82, 2.24) is 15.5 Å². The molecule has 1 aromatic heterocycles. The second-order valence-electron chi connectivity index (χ2n) is 5.89. The first kappa shape index (κ1) is 16.2. The third-order valence-corrected chi connectivity index (χ3v) is 3.99. The van der Waals surface area contributed by atoms with Gasteiger partial charge in [-0.1, -0.05) is 17.7 Å². The van der Waals surface area contributed by atoms with Crippen LogP contribution >= 0.6 is 0 Å². The first-order valence-corrected chi connectivity index (χ1v) is 8.29. The third kappa shape index (κ3) is 4.22. The number of aryl methyl sites for hydroxylation is 1. The van der Waals surface area contributed by atoms with E-state index in [9.17, 15) is 4.79 Å². The van der Waals surface area contributed by atoms with Crippen molar-refractivity contribution < 1.29 is 9.53 Å². The number of anilines is 1. The van der Waals surface area contributed by atoms with Crippen LogP contribution in [0.1, 0.15) is 28.9 Å². The summed E-state index contributed by atoms with van der Waals surface area (Å²) < 4.78 is 5.58. The second kappa shape index (κ2) is 7.77. The maximum absolute atomic E-state index is 12.1. The Bertz CT molecular complexity index is 664. The van der Waals surface area contributed by atoms with Gasteiger partial charge in [-0.05, 0) is 44.0 Å². The quantitative estimate of drug-likeness (QED) is 0.824. The van der Waals surface area contributed by atoms with E-state index in [1.54, 1.807) is 6.07 Å². The van der Waals surface area contributed by atoms with Crippen LogP contribution in [0.3, 0.4) is 0 Å². The summed E-state index contributed by atoms with van der Waals surface area (Å²) in [6.07, 6.45) is 2.37. The number of ether oxygens (including phenoxy) is 1. The summed E-state index contributed by atoms with van der Waals surface area (Å²) in [5.74, 6) is 1.40. The number of aromatic nitrogens is 2. The Hall–Kier alpha value is -2.63. The Morgan fingerprint density at radius 1 is 1.12 bits per heavy atom. The van der Waals surface area contributed by atoms with E-state index in [0.717, 1.165) is 24.7 Å². The molecular weight excluding hydrogens is 304 g/mol. The fourth-order valence-corrected chi connectivity index (χ4v) is 2.62. The largest absolute Gasteiger partial charge is 0.492 e. The average molecular weight is 326 g/mol. The van der Waals surface area contributed by atoms with E-state index in [-0.39, 0.29) is 5.91 Å². The first-order valence-electron chi connectivity index (χ1n) is 8.29. The highest BCUT2D eigenvalue weighted by Crippen LogP contribution is 2.16. The molecule has 2 heterocycles. The summed E-state index contributed by atoms with van der Waals surface area (Å²) in [5, 5.41) is 11.0. The van der Waals surface area contributed by atoms with Crippen molar-refractivity contribution in [2.75, 3.05) is 31.1 Å². The van der Waals surface area contributed by atoms with Crippen molar-refractivity contribution in [2.45, 2.75) is 19.8 Å². The smallest absolute Gasteiger partial charge is 0.271 e. The highest BCUT2D eigenvalue weighted by atomic mass is 16.5. The van der Waals surface area contributed by atoms with Crippen LogP contribution < -0.4 is 15.0 Å². The number of carbonyl (C=O) groups excluding carboxylic acids is 1. The number of amides is 1. The highest BCUT2D eigenvalue weighted by Gasteiger charge is 2.15. The Balaban J connectivity index is 1.43. The van der Waals surface area contributed by atoms with Crippen LogP contribution in [-0.4, -0.2) is 42.3 Å². The summed E-state index contributed by atoms with van der Waals surface area (Å²) in [5.41, 5.74) is 1.51. The molecule has 2 aromatic rings. The minimum absolute atomic E-state index is 0.233. The SMILES string of the molecule is Cc1ccc(OCCNC(=O)c2ccc(N3CCCC3)nn2)cc1. The molecule has 0 saturated carbocycles. The zero-order chi connectivity index (χ0) is 16.8. The number of benzene rings is 1. The van der Waals surface area contributed by atoms with Crippen LogP contribution in [0.25, 0.3) is 0 Å². The van der Waals surface area contributed by atoms with E-state index < -0.39 is 0 Å². The maximum atomic E-state index is 12.1. The van der Waals surface area contributed by atoms with Gasteiger partial charge in [0.1, 0.15) is 12.4 Å². The molecule has 0 spiro atoms. The zero-order valence-electron chi connectivity index (χ0n) is 13.9. The van der Waals surface area contributed by atoms with Crippen LogP contribution in [0, 0.1) is 6.92 Å². The number of nitrogens with one attached hydrogen (secondary N) is 1. The van der Waals surface area contributed by atoms with E-state index in [0.29, 0.717) is 18.8 Å². The van der Waals surface area contributed by atoms with E-state index in [2.05, 4.69) is 20.4 Å². The maximum Gasteiger partial charge on any atom is 0.271 e. The molecule has 0 unspecified atom stereocenters. The predicted octanol–water partition coefficient (Wildman–Crippen LogP) is 2.19. The lowest BCUT2D eigenvalue weighted by Gasteiger charge is -2.15. The lowest BCUT2D eigenvalue weighted by molar-refractivity contribution is 0.0941. The summed E-state index contributed by atoms with van der Waals surface area (Å²) in [6.45, 7) is 4.88. The molecule has 126 valence electrons. The minimum Gasteiger partial charge on any atom is -0.492 e. The first-order chi connectivity index (χ1) is 11.7. The summed E-state index contributed by atoms with van der Waals surface area (Å²) >= 11 is 0. The van der Waals surface area contributed by atoms with Gasteiger partial charge < -0.3 is 15.0 Å². The monoisotopic (exact) mass is 326 g/mol. The minimum atomic E-state index is -0.233. The highest BCUT2D eigenvalue weighted by molar-refractivity contribution is 5.92. The summed E-state index contributed by atoms with van der Waals surface area (Å²) in [7, 11) is 0. The molecule has 0 bridgehead atoms. The van der Waals surface area contributed by atoms with Gasteiger partial charge >= 0.3 is 0 Å². The van der Waals surface area contributed by atoms with Gasteiger partial charge in [0.15, 0.2) is 11.5 Å². The lowest BCUT2D eigenvalue weighted by Crippen LogP contribution is -2.29. The number of hydrogen-bond donors (Lipinski definition) is 1. The molecule has 0 atom stereocenters. The molecule has 6 heteroatoms. The molecule has 0 radical (unpaired) electrons. The third-order valence-electron chi connectivity index (χ3n) is 3.99. The van der Waals surface area contributed by atoms with Crippen LogP contribution in [0.5, 0.6) is 5.75 Å². The number of hydrogen-bond acceptors (Lipinski definition) is 5. The molecule has 3 rings (SSSR count). The van der Waals surface area contributed by atoms with Crippen LogP contribution in [0.15, 0.2) is 36.4 Å². The molecular formula is C18H22N4O2. The van der Waals surface area contributed by atoms with Crippen molar-refractivity contribution in [3.05, 3.63) is 47.7 Å². The van der Waals surface area contributed by atoms with Gasteiger partial charge in [0.05, 0.1) is 6.54 Å². The lowest BCUT2D eigenvalue weighted by atomic mass is 10.2. The second-order valence-corrected chi connectivity index (χ2v) is 5.89. The van der Waals surface area contributed by atoms with Crippen molar-refractivity contribution in [3.63, 3.8) is 0 Å². The summed E-state index contributed by atoms with van der Waals surface area (Å²) in [6, 6.07) is 11.4. The van der Waals surface area contributed by atoms with Crippen molar-refractivity contribution >= 4 is 11.7 Å². The molecule has 0 aliphatic carbocycles. The van der Waals surface area contributed by atoms with Gasteiger partial charge in [0, 0.05) is 13.1 Å². The molecule has 1 aromatic carbocycles. The van der Waals surface area contributed by atoms with E-state index in [1.807, 2.05) is 37.3 Å². The Morgan fingerprint density at radius 2 is 1.88 bits per heavy atom. The average Bonchev–Trinajstić information content (AvgIpc) is 3.15. The van der Waals surface area contributed by atoms with Gasteiger partial charge in [0.25, 0.3) is 5.91 Å². The Kier molecular flexibility index (Phi) is 5.25. The Morgan fingerprint density at radius 3 is 2.54 bits per heavy atom. The molecule has 1 fully saturated rings. The van der Waals surface area contributed by atoms with Gasteiger partial charge in [-0.3, -0.25) is 4.79 Å². The fraction of sp³-hybridized carbons (Fsp3) is 0.389. The summed E-state index contributed by atoms with van der Waals surface area (Å²) in [4.78, 5) is 14.2. The van der Waals surface area contributed by atoms with E-state index in [1.165, 1.54) is 18.4 Å². The van der Waals surface area contributed by atoms with Crippen LogP contribution in [0.2, 0.25) is 0 Å². The fourth-order valence-electron chi connectivity index (χ4n) is 2.62. The van der Waals surface area contributed by atoms with Crippen LogP contribution in [0.4, 0.5) is 5.82 Å². The van der Waals surface area contributed by atoms with Gasteiger partial charge in [-0.15, -0.1) is 10.2 Å². The zero-order valence-corrected chi connectivity index (χ0v) is 13.9. The molecule has 1 aliphatic heterocycles. The van der Waals surface area contributed by atoms with E-state index >= 15 is 0 Å². The number of carbonyl (C=O) groups is 1. The standard InChI is InChI=1S/C18H22N4O2/c1-14-4-6-15(7-5-14)24-13-10-19-18(23)16-8-9-17(21-20-16)22-11-2-3-12-22/h4-9H,2-3,10-13H2,1H3,(H,19,23). The van der Waals surface area contributed by atoms with Crippen LogP contribution in [-0.2, 0) is 0 Å². The molecule has 1 amide bonds. The predicted molar refractivity (Wildman–Crippen MR) is 92.5 cm³/mol. The van der Waals surface area contributed by atoms with Gasteiger partial charge in [-0.2, -0.15) is 0 Å². The van der Waals surface area contributed by atoms with Crippen molar-refractivity contribution in [1.29, 1.82) is 0 Å². The van der Waals surface area contributed by atoms with Gasteiger partial charge in [-0.25, -0.2) is 0 Å². The molecule has 1 saturated heterocycles.